The summed E-state index contributed by atoms with van der Waals surface area (Å²) in [7, 11) is 2.11. The molecular formula is C25H43IN4O2. The molecule has 2 aliphatic heterocycles. The van der Waals surface area contributed by atoms with Gasteiger partial charge >= 0.3 is 0 Å². The van der Waals surface area contributed by atoms with Crippen LogP contribution >= 0.6 is 24.0 Å². The van der Waals surface area contributed by atoms with Gasteiger partial charge in [0.2, 0.25) is 0 Å². The van der Waals surface area contributed by atoms with Crippen LogP contribution in [0.4, 0.5) is 5.69 Å². The highest BCUT2D eigenvalue weighted by atomic mass is 127. The second kappa shape index (κ2) is 15.7. The SMILES string of the molecule is CCNC(=NCCCOCC1CCOCC1)N(C)Cc1ccc(N2CCCCC2)cc1.I. The van der Waals surface area contributed by atoms with Crippen LogP contribution in [-0.2, 0) is 16.0 Å². The van der Waals surface area contributed by atoms with E-state index in [0.29, 0.717) is 5.92 Å². The van der Waals surface area contributed by atoms with Gasteiger partial charge in [0.05, 0.1) is 0 Å². The molecule has 2 fully saturated rings. The van der Waals surface area contributed by atoms with E-state index in [1.807, 2.05) is 0 Å². The zero-order valence-electron chi connectivity index (χ0n) is 20.1. The third-order valence-electron chi connectivity index (χ3n) is 6.18. The third kappa shape index (κ3) is 9.43. The van der Waals surface area contributed by atoms with Crippen LogP contribution in [0.25, 0.3) is 0 Å². The molecule has 0 saturated carbocycles. The van der Waals surface area contributed by atoms with Gasteiger partial charge in [-0.05, 0) is 69.1 Å². The van der Waals surface area contributed by atoms with Gasteiger partial charge in [-0.25, -0.2) is 0 Å². The van der Waals surface area contributed by atoms with Crippen LogP contribution in [0, 0.1) is 5.92 Å². The van der Waals surface area contributed by atoms with Crippen molar-refractivity contribution in [1.82, 2.24) is 10.2 Å². The van der Waals surface area contributed by atoms with Crippen molar-refractivity contribution in [3.8, 4) is 0 Å². The van der Waals surface area contributed by atoms with E-state index >= 15 is 0 Å². The maximum absolute atomic E-state index is 5.87. The van der Waals surface area contributed by atoms with E-state index in [4.69, 9.17) is 14.5 Å². The van der Waals surface area contributed by atoms with Crippen LogP contribution < -0.4 is 10.2 Å². The van der Waals surface area contributed by atoms with Crippen LogP contribution in [0.15, 0.2) is 29.3 Å². The number of rotatable bonds is 10. The summed E-state index contributed by atoms with van der Waals surface area (Å²) in [5, 5.41) is 3.42. The number of anilines is 1. The molecule has 7 heteroatoms. The van der Waals surface area contributed by atoms with Crippen molar-refractivity contribution in [2.24, 2.45) is 10.9 Å². The number of hydrogen-bond acceptors (Lipinski definition) is 4. The minimum absolute atomic E-state index is 0. The van der Waals surface area contributed by atoms with Crippen molar-refractivity contribution in [3.63, 3.8) is 0 Å². The second-order valence-electron chi connectivity index (χ2n) is 8.79. The molecule has 2 aliphatic rings. The number of aliphatic imine (C=N–C) groups is 1. The maximum atomic E-state index is 5.87. The highest BCUT2D eigenvalue weighted by Gasteiger charge is 2.14. The molecule has 182 valence electrons. The second-order valence-corrected chi connectivity index (χ2v) is 8.79. The van der Waals surface area contributed by atoms with E-state index in [0.717, 1.165) is 71.3 Å². The molecule has 1 aromatic rings. The van der Waals surface area contributed by atoms with Crippen LogP contribution in [0.1, 0.15) is 51.0 Å². The molecule has 1 N–H and O–H groups in total. The third-order valence-corrected chi connectivity index (χ3v) is 6.18. The molecule has 0 bridgehead atoms. The molecule has 0 radical (unpaired) electrons. The number of nitrogens with zero attached hydrogens (tertiary/aromatic N) is 3. The quantitative estimate of drug-likeness (QED) is 0.198. The van der Waals surface area contributed by atoms with Gasteiger partial charge in [0.15, 0.2) is 5.96 Å². The average molecular weight is 559 g/mol. The summed E-state index contributed by atoms with van der Waals surface area (Å²) in [6, 6.07) is 9.06. The minimum Gasteiger partial charge on any atom is -0.381 e. The lowest BCUT2D eigenvalue weighted by Gasteiger charge is -2.29. The largest absolute Gasteiger partial charge is 0.381 e. The van der Waals surface area contributed by atoms with Gasteiger partial charge in [-0.3, -0.25) is 4.99 Å². The predicted octanol–water partition coefficient (Wildman–Crippen LogP) is 4.53. The van der Waals surface area contributed by atoms with E-state index in [1.165, 1.54) is 43.6 Å². The standard InChI is InChI=1S/C25H42N4O2.HI/c1-3-26-25(27-14-7-17-31-21-23-12-18-30-19-13-23)28(2)20-22-8-10-24(11-9-22)29-15-5-4-6-16-29;/h8-11,23H,3-7,12-21H2,1-2H3,(H,26,27);1H. The summed E-state index contributed by atoms with van der Waals surface area (Å²) in [5.74, 6) is 1.63. The Balaban J connectivity index is 0.00000363. The van der Waals surface area contributed by atoms with Crippen LogP contribution in [0.3, 0.4) is 0 Å². The lowest BCUT2D eigenvalue weighted by atomic mass is 10.0. The topological polar surface area (TPSA) is 49.3 Å². The first-order valence-corrected chi connectivity index (χ1v) is 12.2. The normalized spacial score (nSPS) is 17.7. The number of ether oxygens (including phenoxy) is 2. The number of nitrogens with one attached hydrogen (secondary N) is 1. The highest BCUT2D eigenvalue weighted by Crippen LogP contribution is 2.20. The highest BCUT2D eigenvalue weighted by molar-refractivity contribution is 14.0. The molecule has 0 amide bonds. The molecule has 0 aliphatic carbocycles. The molecule has 0 unspecified atom stereocenters. The average Bonchev–Trinajstić information content (AvgIpc) is 2.82. The zero-order valence-corrected chi connectivity index (χ0v) is 22.4. The van der Waals surface area contributed by atoms with E-state index < -0.39 is 0 Å². The Kier molecular flexibility index (Phi) is 13.4. The first-order valence-electron chi connectivity index (χ1n) is 12.2. The van der Waals surface area contributed by atoms with E-state index in [1.54, 1.807) is 0 Å². The van der Waals surface area contributed by atoms with Crippen molar-refractivity contribution >= 4 is 35.6 Å². The molecule has 1 aromatic carbocycles. The lowest BCUT2D eigenvalue weighted by Crippen LogP contribution is -2.38. The van der Waals surface area contributed by atoms with Gasteiger partial charge in [-0.1, -0.05) is 12.1 Å². The number of hydrogen-bond donors (Lipinski definition) is 1. The van der Waals surface area contributed by atoms with Crippen molar-refractivity contribution < 1.29 is 9.47 Å². The van der Waals surface area contributed by atoms with Crippen LogP contribution in [0.5, 0.6) is 0 Å². The Morgan fingerprint density at radius 1 is 1.16 bits per heavy atom. The lowest BCUT2D eigenvalue weighted by molar-refractivity contribution is 0.0205. The molecule has 0 atom stereocenters. The Morgan fingerprint density at radius 2 is 1.88 bits per heavy atom. The molecular weight excluding hydrogens is 515 g/mol. The molecule has 3 rings (SSSR count). The first kappa shape index (κ1) is 27.2. The van der Waals surface area contributed by atoms with Crippen molar-refractivity contribution in [2.45, 2.75) is 52.0 Å². The first-order chi connectivity index (χ1) is 15.3. The fraction of sp³-hybridized carbons (Fsp3) is 0.720. The Labute approximate surface area is 212 Å². The molecule has 0 spiro atoms. The van der Waals surface area contributed by atoms with Gasteiger partial charge < -0.3 is 24.6 Å². The van der Waals surface area contributed by atoms with Crippen molar-refractivity contribution in [1.29, 1.82) is 0 Å². The fourth-order valence-corrected chi connectivity index (χ4v) is 4.30. The molecule has 2 heterocycles. The number of benzene rings is 1. The summed E-state index contributed by atoms with van der Waals surface area (Å²) in [6.45, 7) is 10.4. The number of halogens is 1. The molecule has 6 nitrogen and oxygen atoms in total. The Hall–Kier alpha value is -1.06. The summed E-state index contributed by atoms with van der Waals surface area (Å²) in [5.41, 5.74) is 2.67. The van der Waals surface area contributed by atoms with Gasteiger partial charge in [-0.15, -0.1) is 24.0 Å². The summed E-state index contributed by atoms with van der Waals surface area (Å²) in [6.07, 6.45) is 7.21. The van der Waals surface area contributed by atoms with Gasteiger partial charge in [0.1, 0.15) is 0 Å². The van der Waals surface area contributed by atoms with E-state index in [9.17, 15) is 0 Å². The summed E-state index contributed by atoms with van der Waals surface area (Å²) < 4.78 is 11.3. The Morgan fingerprint density at radius 3 is 2.56 bits per heavy atom. The monoisotopic (exact) mass is 558 g/mol. The van der Waals surface area contributed by atoms with Crippen LogP contribution in [0.2, 0.25) is 0 Å². The molecule has 0 aromatic heterocycles. The predicted molar refractivity (Wildman–Crippen MR) is 144 cm³/mol. The van der Waals surface area contributed by atoms with E-state index in [2.05, 4.69) is 53.4 Å². The van der Waals surface area contributed by atoms with Crippen molar-refractivity contribution in [3.05, 3.63) is 29.8 Å². The van der Waals surface area contributed by atoms with Gasteiger partial charge in [0, 0.05) is 71.9 Å². The zero-order chi connectivity index (χ0) is 21.7. The summed E-state index contributed by atoms with van der Waals surface area (Å²) in [4.78, 5) is 9.53. The van der Waals surface area contributed by atoms with Crippen LogP contribution in [-0.4, -0.2) is 70.5 Å². The van der Waals surface area contributed by atoms with Gasteiger partial charge in [-0.2, -0.15) is 0 Å². The smallest absolute Gasteiger partial charge is 0.193 e. The maximum Gasteiger partial charge on any atom is 0.193 e. The summed E-state index contributed by atoms with van der Waals surface area (Å²) >= 11 is 0. The molecule has 32 heavy (non-hydrogen) atoms. The fourth-order valence-electron chi connectivity index (χ4n) is 4.30. The van der Waals surface area contributed by atoms with Crippen molar-refractivity contribution in [2.75, 3.05) is 64.6 Å². The number of guanidine groups is 1. The minimum atomic E-state index is 0. The Bertz CT molecular complexity index is 644. The molecule has 2 saturated heterocycles. The van der Waals surface area contributed by atoms with E-state index in [-0.39, 0.29) is 24.0 Å². The van der Waals surface area contributed by atoms with Gasteiger partial charge in [0.25, 0.3) is 0 Å². The number of piperidine rings is 1.